The Morgan fingerprint density at radius 2 is 1.72 bits per heavy atom. The van der Waals surface area contributed by atoms with Crippen LogP contribution in [0, 0.1) is 10.8 Å². The third kappa shape index (κ3) is 2.52. The van der Waals surface area contributed by atoms with Crippen LogP contribution in [0.5, 0.6) is 0 Å². The van der Waals surface area contributed by atoms with Crippen LogP contribution >= 0.6 is 0 Å². The van der Waals surface area contributed by atoms with Gasteiger partial charge in [0.15, 0.2) is 0 Å². The molecule has 0 bridgehead atoms. The van der Waals surface area contributed by atoms with Gasteiger partial charge in [0.2, 0.25) is 5.91 Å². The maximum absolute atomic E-state index is 13.1. The quantitative estimate of drug-likeness (QED) is 0.560. The number of fused-ring (bicyclic) bond motifs is 1. The molecule has 5 unspecified atom stereocenters. The molecule has 0 aromatic heterocycles. The van der Waals surface area contributed by atoms with E-state index in [0.29, 0.717) is 18.1 Å². The molecule has 2 N–H and O–H groups in total. The zero-order chi connectivity index (χ0) is 22.8. The number of nitrogens with one attached hydrogen (secondary N) is 2. The first-order valence-corrected chi connectivity index (χ1v) is 10.7. The molecule has 5 atom stereocenters. The minimum absolute atomic E-state index is 0.138. The van der Waals surface area contributed by atoms with Crippen molar-refractivity contribution < 1.29 is 19.1 Å². The van der Waals surface area contributed by atoms with E-state index in [9.17, 15) is 14.4 Å². The second-order valence-corrected chi connectivity index (χ2v) is 9.21. The van der Waals surface area contributed by atoms with Crippen molar-refractivity contribution in [3.05, 3.63) is 66.6 Å². The Bertz CT molecular complexity index is 1030. The molecule has 4 aliphatic rings. The Kier molecular flexibility index (Phi) is 4.28. The maximum atomic E-state index is 13.1. The highest BCUT2D eigenvalue weighted by molar-refractivity contribution is 5.92. The number of nitrogens with zero attached hydrogens (tertiary/aromatic N) is 2. The standard InChI is InChI=1S/C24H26N4O4/c1-14-23(3)19-20-24(23,4)21(30)26-15(2)27(20)12-17(13-28(19)22(31)25-14)32-18(29)11-10-16-8-6-5-7-9-16/h5-11,17,19-20H,1-2,12-13H2,3-4H3,(H,25,31)(H,26,30)/b11-10+. The van der Waals surface area contributed by atoms with Crippen molar-refractivity contribution in [3.8, 4) is 0 Å². The zero-order valence-electron chi connectivity index (χ0n) is 18.1. The summed E-state index contributed by atoms with van der Waals surface area (Å²) in [6, 6.07) is 8.61. The smallest absolute Gasteiger partial charge is 0.331 e. The minimum atomic E-state index is -0.812. The van der Waals surface area contributed by atoms with Gasteiger partial charge in [0.25, 0.3) is 0 Å². The van der Waals surface area contributed by atoms with Crippen molar-refractivity contribution in [2.75, 3.05) is 13.1 Å². The fourth-order valence-electron chi connectivity index (χ4n) is 5.86. The Hall–Kier alpha value is -3.55. The molecule has 4 fully saturated rings. The summed E-state index contributed by atoms with van der Waals surface area (Å²) in [6.45, 7) is 12.5. The summed E-state index contributed by atoms with van der Waals surface area (Å²) in [5.74, 6) is -0.174. The van der Waals surface area contributed by atoms with Gasteiger partial charge in [-0.3, -0.25) is 4.79 Å². The lowest BCUT2D eigenvalue weighted by molar-refractivity contribution is -0.199. The van der Waals surface area contributed by atoms with Gasteiger partial charge in [0, 0.05) is 17.2 Å². The van der Waals surface area contributed by atoms with Crippen LogP contribution in [-0.4, -0.2) is 59.0 Å². The third-order valence-corrected chi connectivity index (χ3v) is 7.75. The van der Waals surface area contributed by atoms with Gasteiger partial charge < -0.3 is 25.2 Å². The van der Waals surface area contributed by atoms with Crippen LogP contribution in [0.25, 0.3) is 6.08 Å². The van der Waals surface area contributed by atoms with Gasteiger partial charge in [-0.25, -0.2) is 9.59 Å². The van der Waals surface area contributed by atoms with Gasteiger partial charge in [-0.2, -0.15) is 0 Å². The van der Waals surface area contributed by atoms with E-state index in [-0.39, 0.29) is 30.6 Å². The van der Waals surface area contributed by atoms with Crippen LogP contribution < -0.4 is 10.6 Å². The van der Waals surface area contributed by atoms with E-state index < -0.39 is 22.9 Å². The first-order valence-electron chi connectivity index (χ1n) is 10.7. The Morgan fingerprint density at radius 1 is 1.06 bits per heavy atom. The minimum Gasteiger partial charge on any atom is -0.455 e. The average molecular weight is 434 g/mol. The number of carbonyl (C=O) groups excluding carboxylic acids is 3. The molecule has 1 aliphatic carbocycles. The fraction of sp³-hybridized carbons (Fsp3) is 0.375. The third-order valence-electron chi connectivity index (χ3n) is 7.75. The second-order valence-electron chi connectivity index (χ2n) is 9.21. The van der Waals surface area contributed by atoms with Gasteiger partial charge in [0.05, 0.1) is 30.6 Å². The molecule has 166 valence electrons. The van der Waals surface area contributed by atoms with Crippen LogP contribution in [0.4, 0.5) is 4.79 Å². The summed E-state index contributed by atoms with van der Waals surface area (Å²) in [5.41, 5.74) is -0.0587. The van der Waals surface area contributed by atoms with E-state index in [0.717, 1.165) is 5.56 Å². The Balaban J connectivity index is 1.45. The number of benzene rings is 1. The van der Waals surface area contributed by atoms with E-state index in [1.54, 1.807) is 11.0 Å². The van der Waals surface area contributed by atoms with Crippen LogP contribution in [-0.2, 0) is 14.3 Å². The van der Waals surface area contributed by atoms with Crippen molar-refractivity contribution in [2.24, 2.45) is 10.8 Å². The van der Waals surface area contributed by atoms with E-state index in [1.807, 2.05) is 49.1 Å². The summed E-state index contributed by atoms with van der Waals surface area (Å²) in [5, 5.41) is 5.71. The molecule has 0 spiro atoms. The van der Waals surface area contributed by atoms with Crippen LogP contribution in [0.1, 0.15) is 19.4 Å². The highest BCUT2D eigenvalue weighted by Gasteiger charge is 2.79. The van der Waals surface area contributed by atoms with E-state index in [4.69, 9.17) is 4.74 Å². The number of rotatable bonds is 3. The molecular formula is C24H26N4O4. The first-order chi connectivity index (χ1) is 15.2. The van der Waals surface area contributed by atoms with Gasteiger partial charge in [0.1, 0.15) is 11.9 Å². The highest BCUT2D eigenvalue weighted by Crippen LogP contribution is 2.66. The fourth-order valence-corrected chi connectivity index (χ4v) is 5.86. The van der Waals surface area contributed by atoms with Crippen molar-refractivity contribution >= 4 is 24.0 Å². The number of urea groups is 1. The van der Waals surface area contributed by atoms with Crippen molar-refractivity contribution in [1.29, 1.82) is 0 Å². The monoisotopic (exact) mass is 434 g/mol. The molecule has 8 heteroatoms. The predicted octanol–water partition coefficient (Wildman–Crippen LogP) is 1.83. The molecule has 1 saturated carbocycles. The van der Waals surface area contributed by atoms with E-state index in [2.05, 4.69) is 23.8 Å². The summed E-state index contributed by atoms with van der Waals surface area (Å²) >= 11 is 0. The average Bonchev–Trinajstić information content (AvgIpc) is 2.93. The SMILES string of the molecule is C=C1NC(=O)C2(C)C3C4N(CC(OC(=O)/C=C/c5ccccc5)CN13)C(=O)NC(=C)C42C. The summed E-state index contributed by atoms with van der Waals surface area (Å²) in [6.07, 6.45) is 2.48. The molecule has 3 amide bonds. The lowest BCUT2D eigenvalue weighted by atomic mass is 9.41. The van der Waals surface area contributed by atoms with Crippen LogP contribution in [0.15, 0.2) is 61.1 Å². The number of hydrogen-bond acceptors (Lipinski definition) is 5. The second kappa shape index (κ2) is 6.72. The Labute approximate surface area is 186 Å². The molecule has 1 aromatic rings. The normalized spacial score (nSPS) is 35.5. The van der Waals surface area contributed by atoms with Gasteiger partial charge in [-0.1, -0.05) is 50.4 Å². The number of ether oxygens (including phenoxy) is 1. The molecule has 3 aliphatic heterocycles. The number of carbonyl (C=O) groups is 3. The molecule has 5 rings (SSSR count). The molecule has 0 radical (unpaired) electrons. The van der Waals surface area contributed by atoms with E-state index in [1.165, 1.54) is 6.08 Å². The molecule has 1 aromatic carbocycles. The largest absolute Gasteiger partial charge is 0.455 e. The van der Waals surface area contributed by atoms with E-state index >= 15 is 0 Å². The van der Waals surface area contributed by atoms with Crippen molar-refractivity contribution in [2.45, 2.75) is 32.0 Å². The summed E-state index contributed by atoms with van der Waals surface area (Å²) in [7, 11) is 0. The first kappa shape index (κ1) is 20.4. The molecule has 3 saturated heterocycles. The van der Waals surface area contributed by atoms with Gasteiger partial charge in [-0.05, 0) is 18.6 Å². The van der Waals surface area contributed by atoms with Gasteiger partial charge in [-0.15, -0.1) is 0 Å². The molecule has 32 heavy (non-hydrogen) atoms. The lowest BCUT2D eigenvalue weighted by Crippen LogP contribution is -2.87. The maximum Gasteiger partial charge on any atom is 0.331 e. The molecule has 8 nitrogen and oxygen atoms in total. The Morgan fingerprint density at radius 3 is 2.44 bits per heavy atom. The van der Waals surface area contributed by atoms with Crippen LogP contribution in [0.3, 0.4) is 0 Å². The van der Waals surface area contributed by atoms with Crippen molar-refractivity contribution in [1.82, 2.24) is 20.4 Å². The van der Waals surface area contributed by atoms with Crippen LogP contribution in [0.2, 0.25) is 0 Å². The summed E-state index contributed by atoms with van der Waals surface area (Å²) in [4.78, 5) is 42.2. The molecular weight excluding hydrogens is 408 g/mol. The highest BCUT2D eigenvalue weighted by atomic mass is 16.5. The van der Waals surface area contributed by atoms with Gasteiger partial charge >= 0.3 is 12.0 Å². The van der Waals surface area contributed by atoms with Crippen molar-refractivity contribution in [3.63, 3.8) is 0 Å². The lowest BCUT2D eigenvalue weighted by Gasteiger charge is -2.72. The predicted molar refractivity (Wildman–Crippen MR) is 118 cm³/mol. The molecule has 3 heterocycles. The number of hydrogen-bond donors (Lipinski definition) is 2. The topological polar surface area (TPSA) is 91.0 Å². The summed E-state index contributed by atoms with van der Waals surface area (Å²) < 4.78 is 5.75. The number of esters is 1. The zero-order valence-corrected chi connectivity index (χ0v) is 18.1. The number of amides is 3.